The Labute approximate surface area is 138 Å². The standard InChI is InChI=1S/C18H27N3O2/c1-2-3-4-14-5-7-15(8-6-14)13-17(22)20-16-9-11-21(12-10-16)18(19)23/h5-8,16H,2-4,9-13H2,1H3,(H2,19,23)(H,20,22). The van der Waals surface area contributed by atoms with Crippen LogP contribution in [0, 0.1) is 0 Å². The molecule has 0 spiro atoms. The lowest BCUT2D eigenvalue weighted by Gasteiger charge is -2.31. The third-order valence-electron chi connectivity index (χ3n) is 4.38. The van der Waals surface area contributed by atoms with Gasteiger partial charge in [-0.15, -0.1) is 0 Å². The van der Waals surface area contributed by atoms with Crippen LogP contribution in [0.25, 0.3) is 0 Å². The Hall–Kier alpha value is -2.04. The minimum absolute atomic E-state index is 0.0452. The second-order valence-corrected chi connectivity index (χ2v) is 6.26. The van der Waals surface area contributed by atoms with E-state index in [2.05, 4.69) is 24.4 Å². The highest BCUT2D eigenvalue weighted by Crippen LogP contribution is 2.11. The largest absolute Gasteiger partial charge is 0.353 e. The molecule has 0 saturated carbocycles. The number of carbonyl (C=O) groups is 2. The lowest BCUT2D eigenvalue weighted by molar-refractivity contribution is -0.121. The van der Waals surface area contributed by atoms with Gasteiger partial charge >= 0.3 is 6.03 Å². The fraction of sp³-hybridized carbons (Fsp3) is 0.556. The summed E-state index contributed by atoms with van der Waals surface area (Å²) < 4.78 is 0. The molecule has 23 heavy (non-hydrogen) atoms. The molecule has 1 heterocycles. The molecule has 0 atom stereocenters. The van der Waals surface area contributed by atoms with Crippen molar-refractivity contribution in [3.63, 3.8) is 0 Å². The Kier molecular flexibility index (Phi) is 6.44. The fourth-order valence-corrected chi connectivity index (χ4v) is 2.91. The van der Waals surface area contributed by atoms with Gasteiger partial charge in [-0.3, -0.25) is 4.79 Å². The van der Waals surface area contributed by atoms with E-state index in [1.54, 1.807) is 4.90 Å². The first kappa shape index (κ1) is 17.3. The minimum atomic E-state index is -0.377. The molecule has 1 aliphatic rings. The van der Waals surface area contributed by atoms with Crippen LogP contribution >= 0.6 is 0 Å². The maximum atomic E-state index is 12.1. The molecule has 1 aromatic rings. The monoisotopic (exact) mass is 317 g/mol. The number of primary amides is 1. The molecule has 0 unspecified atom stereocenters. The van der Waals surface area contributed by atoms with Crippen LogP contribution in [0.4, 0.5) is 4.79 Å². The van der Waals surface area contributed by atoms with Crippen LogP contribution in [0.15, 0.2) is 24.3 Å². The molecule has 5 heteroatoms. The maximum absolute atomic E-state index is 12.1. The molecule has 0 bridgehead atoms. The molecule has 0 aliphatic carbocycles. The number of amides is 3. The topological polar surface area (TPSA) is 75.4 Å². The summed E-state index contributed by atoms with van der Waals surface area (Å²) in [4.78, 5) is 24.8. The van der Waals surface area contributed by atoms with Gasteiger partial charge in [-0.1, -0.05) is 37.6 Å². The number of unbranched alkanes of at least 4 members (excludes halogenated alkanes) is 1. The number of piperidine rings is 1. The van der Waals surface area contributed by atoms with Crippen LogP contribution < -0.4 is 11.1 Å². The first-order chi connectivity index (χ1) is 11.1. The zero-order chi connectivity index (χ0) is 16.7. The molecule has 1 aliphatic heterocycles. The molecular weight excluding hydrogens is 290 g/mol. The number of aryl methyl sites for hydroxylation is 1. The predicted molar refractivity (Wildman–Crippen MR) is 91.1 cm³/mol. The molecule has 0 radical (unpaired) electrons. The molecule has 2 rings (SSSR count). The third-order valence-corrected chi connectivity index (χ3v) is 4.38. The van der Waals surface area contributed by atoms with E-state index in [4.69, 9.17) is 5.73 Å². The molecule has 1 fully saturated rings. The van der Waals surface area contributed by atoms with E-state index in [0.717, 1.165) is 24.8 Å². The van der Waals surface area contributed by atoms with E-state index in [0.29, 0.717) is 19.5 Å². The van der Waals surface area contributed by atoms with Crippen LogP contribution in [0.2, 0.25) is 0 Å². The van der Waals surface area contributed by atoms with Gasteiger partial charge in [-0.05, 0) is 36.8 Å². The smallest absolute Gasteiger partial charge is 0.314 e. The maximum Gasteiger partial charge on any atom is 0.314 e. The molecule has 1 saturated heterocycles. The zero-order valence-electron chi connectivity index (χ0n) is 13.9. The van der Waals surface area contributed by atoms with Crippen molar-refractivity contribution in [3.05, 3.63) is 35.4 Å². The number of likely N-dealkylation sites (tertiary alicyclic amines) is 1. The Bertz CT molecular complexity index is 520. The van der Waals surface area contributed by atoms with Gasteiger partial charge in [0.2, 0.25) is 5.91 Å². The van der Waals surface area contributed by atoms with Crippen LogP contribution in [-0.4, -0.2) is 36.0 Å². The van der Waals surface area contributed by atoms with Crippen LogP contribution in [0.5, 0.6) is 0 Å². The number of nitrogens with two attached hydrogens (primary N) is 1. The average molecular weight is 317 g/mol. The normalized spacial score (nSPS) is 15.4. The number of hydrogen-bond acceptors (Lipinski definition) is 2. The van der Waals surface area contributed by atoms with Gasteiger partial charge in [0, 0.05) is 19.1 Å². The van der Waals surface area contributed by atoms with Gasteiger partial charge in [0.25, 0.3) is 0 Å². The number of benzene rings is 1. The zero-order valence-corrected chi connectivity index (χ0v) is 13.9. The van der Waals surface area contributed by atoms with Gasteiger partial charge in [0.1, 0.15) is 0 Å². The van der Waals surface area contributed by atoms with Crippen molar-refractivity contribution in [2.24, 2.45) is 5.73 Å². The predicted octanol–water partition coefficient (Wildman–Crippen LogP) is 2.23. The van der Waals surface area contributed by atoms with E-state index in [1.807, 2.05) is 12.1 Å². The van der Waals surface area contributed by atoms with Gasteiger partial charge < -0.3 is 16.0 Å². The van der Waals surface area contributed by atoms with Gasteiger partial charge in [0.15, 0.2) is 0 Å². The quantitative estimate of drug-likeness (QED) is 0.844. The van der Waals surface area contributed by atoms with Crippen molar-refractivity contribution < 1.29 is 9.59 Å². The van der Waals surface area contributed by atoms with E-state index >= 15 is 0 Å². The van der Waals surface area contributed by atoms with Crippen LogP contribution in [-0.2, 0) is 17.6 Å². The van der Waals surface area contributed by atoms with E-state index in [1.165, 1.54) is 18.4 Å². The first-order valence-electron chi connectivity index (χ1n) is 8.50. The van der Waals surface area contributed by atoms with Crippen LogP contribution in [0.1, 0.15) is 43.7 Å². The van der Waals surface area contributed by atoms with Crippen LogP contribution in [0.3, 0.4) is 0 Å². The lowest BCUT2D eigenvalue weighted by Crippen LogP contribution is -2.48. The number of nitrogens with one attached hydrogen (secondary N) is 1. The first-order valence-corrected chi connectivity index (χ1v) is 8.50. The second kappa shape index (κ2) is 8.56. The summed E-state index contributed by atoms with van der Waals surface area (Å²) >= 11 is 0. The summed E-state index contributed by atoms with van der Waals surface area (Å²) in [7, 11) is 0. The van der Waals surface area contributed by atoms with Crippen molar-refractivity contribution in [2.75, 3.05) is 13.1 Å². The number of hydrogen-bond donors (Lipinski definition) is 2. The highest BCUT2D eigenvalue weighted by molar-refractivity contribution is 5.79. The average Bonchev–Trinajstić information content (AvgIpc) is 2.54. The number of nitrogens with zero attached hydrogens (tertiary/aromatic N) is 1. The fourth-order valence-electron chi connectivity index (χ4n) is 2.91. The Morgan fingerprint density at radius 1 is 1.17 bits per heavy atom. The summed E-state index contributed by atoms with van der Waals surface area (Å²) in [5, 5.41) is 3.06. The SMILES string of the molecule is CCCCc1ccc(CC(=O)NC2CCN(C(N)=O)CC2)cc1. The summed E-state index contributed by atoms with van der Waals surface area (Å²) in [5.74, 6) is 0.0452. The molecule has 5 nitrogen and oxygen atoms in total. The molecule has 3 N–H and O–H groups in total. The van der Waals surface area contributed by atoms with Crippen molar-refractivity contribution >= 4 is 11.9 Å². The molecule has 3 amide bonds. The summed E-state index contributed by atoms with van der Waals surface area (Å²) in [6.45, 7) is 3.42. The van der Waals surface area contributed by atoms with Crippen molar-refractivity contribution in [3.8, 4) is 0 Å². The van der Waals surface area contributed by atoms with E-state index in [-0.39, 0.29) is 18.0 Å². The van der Waals surface area contributed by atoms with Crippen molar-refractivity contribution in [1.82, 2.24) is 10.2 Å². The summed E-state index contributed by atoms with van der Waals surface area (Å²) in [5.41, 5.74) is 7.63. The van der Waals surface area contributed by atoms with Crippen molar-refractivity contribution in [1.29, 1.82) is 0 Å². The minimum Gasteiger partial charge on any atom is -0.353 e. The second-order valence-electron chi connectivity index (χ2n) is 6.26. The molecular formula is C18H27N3O2. The van der Waals surface area contributed by atoms with Gasteiger partial charge in [0.05, 0.1) is 6.42 Å². The van der Waals surface area contributed by atoms with E-state index in [9.17, 15) is 9.59 Å². The Morgan fingerprint density at radius 3 is 2.35 bits per heavy atom. The van der Waals surface area contributed by atoms with E-state index < -0.39 is 0 Å². The molecule has 1 aromatic carbocycles. The summed E-state index contributed by atoms with van der Waals surface area (Å²) in [6, 6.07) is 8.08. The highest BCUT2D eigenvalue weighted by Gasteiger charge is 2.22. The molecule has 0 aromatic heterocycles. The number of carbonyl (C=O) groups excluding carboxylic acids is 2. The molecule has 126 valence electrons. The third kappa shape index (κ3) is 5.58. The van der Waals surface area contributed by atoms with Gasteiger partial charge in [-0.2, -0.15) is 0 Å². The Morgan fingerprint density at radius 2 is 1.78 bits per heavy atom. The highest BCUT2D eigenvalue weighted by atomic mass is 16.2. The van der Waals surface area contributed by atoms with Gasteiger partial charge in [-0.25, -0.2) is 4.79 Å². The number of rotatable bonds is 6. The number of urea groups is 1. The van der Waals surface area contributed by atoms with Crippen molar-refractivity contribution in [2.45, 2.75) is 51.5 Å². The lowest BCUT2D eigenvalue weighted by atomic mass is 10.0. The summed E-state index contributed by atoms with van der Waals surface area (Å²) in [6.07, 6.45) is 5.43. The Balaban J connectivity index is 1.75.